The van der Waals surface area contributed by atoms with Gasteiger partial charge in [0.1, 0.15) is 12.4 Å². The van der Waals surface area contributed by atoms with E-state index in [1.165, 1.54) is 6.07 Å². The Kier molecular flexibility index (Phi) is 5.49. The normalized spacial score (nSPS) is 10.3. The van der Waals surface area contributed by atoms with E-state index < -0.39 is 34.2 Å². The van der Waals surface area contributed by atoms with Crippen molar-refractivity contribution in [1.82, 2.24) is 0 Å². The monoisotopic (exact) mass is 301 g/mol. The van der Waals surface area contributed by atoms with Crippen LogP contribution in [0.4, 0.5) is 10.1 Å². The fourth-order valence-corrected chi connectivity index (χ4v) is 2.27. The van der Waals surface area contributed by atoms with Gasteiger partial charge in [-0.2, -0.15) is 0 Å². The Morgan fingerprint density at radius 1 is 1.50 bits per heavy atom. The fourth-order valence-electron chi connectivity index (χ4n) is 1.26. The summed E-state index contributed by atoms with van der Waals surface area (Å²) in [7, 11) is -2.92. The number of aliphatic hydroxyl groups excluding tert-OH is 1. The number of hydrogen-bond acceptors (Lipinski definition) is 5. The Morgan fingerprint density at radius 3 is 2.80 bits per heavy atom. The summed E-state index contributed by atoms with van der Waals surface area (Å²) in [5.41, 5.74) is 0.0590. The number of ether oxygens (including phenoxy) is 1. The molecule has 20 heavy (non-hydrogen) atoms. The highest BCUT2D eigenvalue weighted by Crippen LogP contribution is 2.17. The van der Waals surface area contributed by atoms with Crippen LogP contribution in [0.25, 0.3) is 0 Å². The van der Waals surface area contributed by atoms with Crippen LogP contribution in [-0.2, 0) is 19.6 Å². The van der Waals surface area contributed by atoms with E-state index in [0.717, 1.165) is 19.2 Å². The average molecular weight is 301 g/mol. The number of rotatable bonds is 4. The Bertz CT molecular complexity index is 660. The second-order valence-electron chi connectivity index (χ2n) is 3.59. The van der Waals surface area contributed by atoms with Crippen LogP contribution in [-0.4, -0.2) is 39.0 Å². The van der Waals surface area contributed by atoms with Gasteiger partial charge in [-0.25, -0.2) is 12.8 Å². The van der Waals surface area contributed by atoms with Gasteiger partial charge in [0.2, 0.25) is 10.0 Å². The molecule has 0 radical (unpaired) electrons. The summed E-state index contributed by atoms with van der Waals surface area (Å²) in [4.78, 5) is 11.0. The molecule has 0 aliphatic carbocycles. The van der Waals surface area contributed by atoms with E-state index >= 15 is 0 Å². The first-order chi connectivity index (χ1) is 9.38. The van der Waals surface area contributed by atoms with Gasteiger partial charge in [0.25, 0.3) is 0 Å². The van der Waals surface area contributed by atoms with E-state index in [9.17, 15) is 17.6 Å². The minimum absolute atomic E-state index is 0.0104. The van der Waals surface area contributed by atoms with Gasteiger partial charge < -0.3 is 9.84 Å². The van der Waals surface area contributed by atoms with E-state index in [0.29, 0.717) is 0 Å². The van der Waals surface area contributed by atoms with Crippen molar-refractivity contribution in [1.29, 1.82) is 0 Å². The minimum atomic E-state index is -3.98. The summed E-state index contributed by atoms with van der Waals surface area (Å²) in [6.07, 6.45) is 0. The number of aliphatic hydroxyl groups is 1. The number of nitrogens with one attached hydrogen (secondary N) is 1. The third kappa shape index (κ3) is 4.87. The van der Waals surface area contributed by atoms with Crippen molar-refractivity contribution < 1.29 is 27.4 Å². The molecule has 1 aromatic rings. The van der Waals surface area contributed by atoms with E-state index in [1.54, 1.807) is 0 Å². The molecule has 0 aliphatic heterocycles. The van der Waals surface area contributed by atoms with Crippen molar-refractivity contribution in [3.63, 3.8) is 0 Å². The highest BCUT2D eigenvalue weighted by Gasteiger charge is 2.18. The Labute approximate surface area is 115 Å². The molecular formula is C12H12FNO5S. The molecule has 1 aromatic carbocycles. The minimum Gasteiger partial charge on any atom is -0.468 e. The molecule has 0 spiro atoms. The number of sulfonamides is 1. The summed E-state index contributed by atoms with van der Waals surface area (Å²) in [6.45, 7) is -0.454. The van der Waals surface area contributed by atoms with Crippen molar-refractivity contribution in [3.8, 4) is 11.8 Å². The fraction of sp³-hybridized carbons (Fsp3) is 0.250. The largest absolute Gasteiger partial charge is 0.468 e. The Hall–Kier alpha value is -2.11. The van der Waals surface area contributed by atoms with Crippen LogP contribution in [0.2, 0.25) is 0 Å². The molecule has 0 saturated heterocycles. The molecule has 0 fully saturated rings. The predicted octanol–water partition coefficient (Wildman–Crippen LogP) is 0.0842. The van der Waals surface area contributed by atoms with Crippen LogP contribution in [0.5, 0.6) is 0 Å². The molecular weight excluding hydrogens is 289 g/mol. The Balaban J connectivity index is 3.05. The van der Waals surface area contributed by atoms with Gasteiger partial charge in [0, 0.05) is 0 Å². The van der Waals surface area contributed by atoms with E-state index in [4.69, 9.17) is 5.11 Å². The number of halogens is 1. The van der Waals surface area contributed by atoms with E-state index in [1.807, 2.05) is 0 Å². The average Bonchev–Trinajstić information content (AvgIpc) is 2.38. The summed E-state index contributed by atoms with van der Waals surface area (Å²) in [5, 5.41) is 8.60. The third-order valence-electron chi connectivity index (χ3n) is 2.08. The molecule has 1 rings (SSSR count). The first-order valence-corrected chi connectivity index (χ1v) is 7.00. The molecule has 0 aromatic heterocycles. The molecule has 0 atom stereocenters. The van der Waals surface area contributed by atoms with Crippen molar-refractivity contribution in [2.24, 2.45) is 0 Å². The SMILES string of the molecule is COC(=O)CS(=O)(=O)Nc1ccc(F)cc1C#CCO. The maximum Gasteiger partial charge on any atom is 0.322 e. The predicted molar refractivity (Wildman–Crippen MR) is 69.8 cm³/mol. The van der Waals surface area contributed by atoms with Gasteiger partial charge in [-0.1, -0.05) is 11.8 Å². The molecule has 0 amide bonds. The van der Waals surface area contributed by atoms with Crippen molar-refractivity contribution in [2.45, 2.75) is 0 Å². The molecule has 0 aliphatic rings. The zero-order valence-corrected chi connectivity index (χ0v) is 11.3. The van der Waals surface area contributed by atoms with Crippen molar-refractivity contribution in [3.05, 3.63) is 29.6 Å². The quantitative estimate of drug-likeness (QED) is 0.607. The number of benzene rings is 1. The lowest BCUT2D eigenvalue weighted by Gasteiger charge is -2.09. The van der Waals surface area contributed by atoms with Gasteiger partial charge >= 0.3 is 5.97 Å². The number of hydrogen-bond donors (Lipinski definition) is 2. The molecule has 0 bridgehead atoms. The highest BCUT2D eigenvalue weighted by atomic mass is 32.2. The molecule has 8 heteroatoms. The first-order valence-electron chi connectivity index (χ1n) is 5.34. The topological polar surface area (TPSA) is 92.7 Å². The molecule has 0 heterocycles. The van der Waals surface area contributed by atoms with Crippen LogP contribution < -0.4 is 4.72 Å². The van der Waals surface area contributed by atoms with Gasteiger partial charge in [-0.05, 0) is 18.2 Å². The Morgan fingerprint density at radius 2 is 2.20 bits per heavy atom. The van der Waals surface area contributed by atoms with Crippen molar-refractivity contribution in [2.75, 3.05) is 24.2 Å². The van der Waals surface area contributed by atoms with Crippen LogP contribution in [0.3, 0.4) is 0 Å². The number of carbonyl (C=O) groups excluding carboxylic acids is 1. The number of anilines is 1. The molecule has 2 N–H and O–H groups in total. The van der Waals surface area contributed by atoms with Crippen LogP contribution in [0.15, 0.2) is 18.2 Å². The van der Waals surface area contributed by atoms with Crippen LogP contribution in [0, 0.1) is 17.7 Å². The molecule has 0 unspecified atom stereocenters. The lowest BCUT2D eigenvalue weighted by Crippen LogP contribution is -2.24. The van der Waals surface area contributed by atoms with Crippen molar-refractivity contribution >= 4 is 21.7 Å². The summed E-state index contributed by atoms with van der Waals surface area (Å²) >= 11 is 0. The zero-order chi connectivity index (χ0) is 15.2. The van der Waals surface area contributed by atoms with Gasteiger partial charge in [0.15, 0.2) is 5.75 Å². The molecule has 108 valence electrons. The smallest absolute Gasteiger partial charge is 0.322 e. The van der Waals surface area contributed by atoms with E-state index in [-0.39, 0.29) is 11.3 Å². The van der Waals surface area contributed by atoms with Crippen LogP contribution in [0.1, 0.15) is 5.56 Å². The lowest BCUT2D eigenvalue weighted by atomic mass is 10.2. The third-order valence-corrected chi connectivity index (χ3v) is 3.23. The molecule has 6 nitrogen and oxygen atoms in total. The highest BCUT2D eigenvalue weighted by molar-refractivity contribution is 7.93. The van der Waals surface area contributed by atoms with Gasteiger partial charge in [-0.15, -0.1) is 0 Å². The standard InChI is InChI=1S/C12H12FNO5S/c1-19-12(16)8-20(17,18)14-11-5-4-10(13)7-9(11)3-2-6-15/h4-5,7,14-15H,6,8H2,1H3. The second-order valence-corrected chi connectivity index (χ2v) is 5.31. The van der Waals surface area contributed by atoms with Gasteiger partial charge in [-0.3, -0.25) is 9.52 Å². The summed E-state index contributed by atoms with van der Waals surface area (Å²) < 4.78 is 42.8. The zero-order valence-electron chi connectivity index (χ0n) is 10.5. The number of methoxy groups -OCH3 is 1. The van der Waals surface area contributed by atoms with Crippen LogP contribution >= 0.6 is 0 Å². The molecule has 0 saturated carbocycles. The van der Waals surface area contributed by atoms with E-state index in [2.05, 4.69) is 21.3 Å². The second kappa shape index (κ2) is 6.88. The lowest BCUT2D eigenvalue weighted by molar-refractivity contribution is -0.137. The summed E-state index contributed by atoms with van der Waals surface area (Å²) in [6, 6.07) is 3.23. The number of carbonyl (C=O) groups is 1. The maximum absolute atomic E-state index is 13.1. The number of esters is 1. The maximum atomic E-state index is 13.1. The first kappa shape index (κ1) is 15.9. The van der Waals surface area contributed by atoms with Gasteiger partial charge in [0.05, 0.1) is 18.4 Å². The summed E-state index contributed by atoms with van der Waals surface area (Å²) in [5.74, 6) is 2.29.